The number of aromatic nitrogens is 3. The van der Waals surface area contributed by atoms with Gasteiger partial charge < -0.3 is 9.88 Å². The van der Waals surface area contributed by atoms with Gasteiger partial charge in [-0.2, -0.15) is 0 Å². The van der Waals surface area contributed by atoms with Crippen molar-refractivity contribution in [2.24, 2.45) is 7.05 Å². The Balaban J connectivity index is 1.89. The van der Waals surface area contributed by atoms with Crippen LogP contribution in [0.25, 0.3) is 0 Å². The van der Waals surface area contributed by atoms with E-state index in [1.165, 1.54) is 32.2 Å². The smallest absolute Gasteiger partial charge is 0.146 e. The molecule has 1 aromatic rings. The fourth-order valence-electron chi connectivity index (χ4n) is 2.49. The molecule has 0 aromatic carbocycles. The summed E-state index contributed by atoms with van der Waals surface area (Å²) in [4.78, 5) is 2.51. The van der Waals surface area contributed by atoms with Crippen LogP contribution in [0.5, 0.6) is 0 Å². The van der Waals surface area contributed by atoms with Crippen molar-refractivity contribution in [1.29, 1.82) is 0 Å². The summed E-state index contributed by atoms with van der Waals surface area (Å²) < 4.78 is 2.01. The van der Waals surface area contributed by atoms with Crippen LogP contribution in [0, 0.1) is 0 Å². The number of rotatable bonds is 7. The molecule has 0 spiro atoms. The van der Waals surface area contributed by atoms with Crippen LogP contribution in [0.2, 0.25) is 0 Å². The maximum atomic E-state index is 4.19. The Morgan fingerprint density at radius 2 is 2.44 bits per heavy atom. The van der Waals surface area contributed by atoms with E-state index in [0.717, 1.165) is 25.5 Å². The van der Waals surface area contributed by atoms with E-state index in [1.807, 2.05) is 11.6 Å². The minimum absolute atomic E-state index is 0.662. The molecule has 1 aliphatic heterocycles. The second-order valence-electron chi connectivity index (χ2n) is 5.24. The van der Waals surface area contributed by atoms with E-state index in [9.17, 15) is 0 Å². The van der Waals surface area contributed by atoms with Crippen molar-refractivity contribution in [3.05, 3.63) is 12.2 Å². The highest BCUT2D eigenvalue weighted by molar-refractivity contribution is 4.86. The zero-order valence-electron chi connectivity index (χ0n) is 11.6. The Kier molecular flexibility index (Phi) is 5.13. The van der Waals surface area contributed by atoms with Gasteiger partial charge in [-0.25, -0.2) is 0 Å². The Labute approximate surface area is 110 Å². The molecule has 0 aliphatic carbocycles. The third-order valence-electron chi connectivity index (χ3n) is 3.64. The number of nitrogens with zero attached hydrogens (tertiary/aromatic N) is 4. The van der Waals surface area contributed by atoms with Gasteiger partial charge >= 0.3 is 0 Å². The van der Waals surface area contributed by atoms with Crippen LogP contribution < -0.4 is 5.32 Å². The minimum Gasteiger partial charge on any atom is -0.320 e. The second-order valence-corrected chi connectivity index (χ2v) is 5.24. The Bertz CT molecular complexity index is 343. The van der Waals surface area contributed by atoms with Gasteiger partial charge in [0, 0.05) is 19.6 Å². The van der Waals surface area contributed by atoms with Crippen molar-refractivity contribution >= 4 is 0 Å². The van der Waals surface area contributed by atoms with Gasteiger partial charge in [-0.15, -0.1) is 10.2 Å². The van der Waals surface area contributed by atoms with Crippen molar-refractivity contribution in [1.82, 2.24) is 25.0 Å². The first-order chi connectivity index (χ1) is 8.79. The van der Waals surface area contributed by atoms with E-state index < -0.39 is 0 Å². The monoisotopic (exact) mass is 251 g/mol. The molecule has 2 rings (SSSR count). The largest absolute Gasteiger partial charge is 0.320 e. The van der Waals surface area contributed by atoms with E-state index in [2.05, 4.69) is 27.3 Å². The molecular formula is C13H25N5. The van der Waals surface area contributed by atoms with E-state index in [0.29, 0.717) is 6.04 Å². The molecule has 0 saturated carbocycles. The Morgan fingerprint density at radius 3 is 3.06 bits per heavy atom. The van der Waals surface area contributed by atoms with E-state index in [4.69, 9.17) is 0 Å². The highest BCUT2D eigenvalue weighted by Crippen LogP contribution is 2.10. The summed E-state index contributed by atoms with van der Waals surface area (Å²) in [7, 11) is 2.02. The highest BCUT2D eigenvalue weighted by atomic mass is 15.3. The number of hydrogen-bond donors (Lipinski definition) is 1. The van der Waals surface area contributed by atoms with Crippen molar-refractivity contribution in [2.75, 3.05) is 19.6 Å². The van der Waals surface area contributed by atoms with Gasteiger partial charge in [0.2, 0.25) is 0 Å². The van der Waals surface area contributed by atoms with Gasteiger partial charge in [0.1, 0.15) is 12.2 Å². The standard InChI is InChI=1S/C13H25N5/c1-3-4-8-18(9-12-6-5-7-14-12)10-13-16-15-11-17(13)2/h11-12,14H,3-10H2,1-2H3. The van der Waals surface area contributed by atoms with Crippen molar-refractivity contribution in [3.8, 4) is 0 Å². The molecule has 0 radical (unpaired) electrons. The van der Waals surface area contributed by atoms with E-state index >= 15 is 0 Å². The van der Waals surface area contributed by atoms with Gasteiger partial charge in [0.25, 0.3) is 0 Å². The van der Waals surface area contributed by atoms with Crippen molar-refractivity contribution in [3.63, 3.8) is 0 Å². The molecule has 18 heavy (non-hydrogen) atoms. The first kappa shape index (κ1) is 13.5. The molecule has 1 unspecified atom stereocenters. The van der Waals surface area contributed by atoms with Crippen LogP contribution in [0.1, 0.15) is 38.4 Å². The lowest BCUT2D eigenvalue weighted by molar-refractivity contribution is 0.230. The van der Waals surface area contributed by atoms with Crippen LogP contribution in [0.3, 0.4) is 0 Å². The Morgan fingerprint density at radius 1 is 1.56 bits per heavy atom. The summed E-state index contributed by atoms with van der Waals surface area (Å²) >= 11 is 0. The van der Waals surface area contributed by atoms with Gasteiger partial charge in [-0.3, -0.25) is 4.90 Å². The average molecular weight is 251 g/mol. The molecule has 1 saturated heterocycles. The van der Waals surface area contributed by atoms with E-state index in [1.54, 1.807) is 6.33 Å². The molecule has 102 valence electrons. The minimum atomic E-state index is 0.662. The summed E-state index contributed by atoms with van der Waals surface area (Å²) in [5, 5.41) is 11.7. The summed E-state index contributed by atoms with van der Waals surface area (Å²) in [6.45, 7) is 6.62. The fraction of sp³-hybridized carbons (Fsp3) is 0.846. The van der Waals surface area contributed by atoms with Gasteiger partial charge in [0.15, 0.2) is 0 Å². The molecule has 1 N–H and O–H groups in total. The Hall–Kier alpha value is -0.940. The quantitative estimate of drug-likeness (QED) is 0.790. The number of nitrogens with one attached hydrogen (secondary N) is 1. The topological polar surface area (TPSA) is 46.0 Å². The SMILES string of the molecule is CCCCN(Cc1nncn1C)CC1CCCN1. The number of hydrogen-bond acceptors (Lipinski definition) is 4. The summed E-state index contributed by atoms with van der Waals surface area (Å²) in [6, 6.07) is 0.662. The van der Waals surface area contributed by atoms with Gasteiger partial charge in [-0.1, -0.05) is 13.3 Å². The summed E-state index contributed by atoms with van der Waals surface area (Å²) in [5.41, 5.74) is 0. The van der Waals surface area contributed by atoms with Crippen molar-refractivity contribution in [2.45, 2.75) is 45.2 Å². The maximum Gasteiger partial charge on any atom is 0.146 e. The van der Waals surface area contributed by atoms with E-state index in [-0.39, 0.29) is 0 Å². The lowest BCUT2D eigenvalue weighted by Gasteiger charge is -2.25. The van der Waals surface area contributed by atoms with Gasteiger partial charge in [0.05, 0.1) is 6.54 Å². The summed E-state index contributed by atoms with van der Waals surface area (Å²) in [6.07, 6.45) is 6.90. The third-order valence-corrected chi connectivity index (χ3v) is 3.64. The average Bonchev–Trinajstić information content (AvgIpc) is 2.99. The molecule has 5 heteroatoms. The van der Waals surface area contributed by atoms with Crippen molar-refractivity contribution < 1.29 is 0 Å². The summed E-state index contributed by atoms with van der Waals surface area (Å²) in [5.74, 6) is 1.06. The van der Waals surface area contributed by atoms with Crippen LogP contribution >= 0.6 is 0 Å². The predicted octanol–water partition coefficient (Wildman–Crippen LogP) is 1.17. The molecule has 0 amide bonds. The molecule has 1 atom stereocenters. The third kappa shape index (κ3) is 3.78. The van der Waals surface area contributed by atoms with Crippen LogP contribution in [-0.4, -0.2) is 45.3 Å². The lowest BCUT2D eigenvalue weighted by Crippen LogP contribution is -2.38. The number of aryl methyl sites for hydroxylation is 1. The molecule has 1 fully saturated rings. The zero-order valence-corrected chi connectivity index (χ0v) is 11.6. The molecular weight excluding hydrogens is 226 g/mol. The van der Waals surface area contributed by atoms with Crippen LogP contribution in [0.15, 0.2) is 6.33 Å². The molecule has 5 nitrogen and oxygen atoms in total. The first-order valence-corrected chi connectivity index (χ1v) is 7.08. The van der Waals surface area contributed by atoms with Crippen LogP contribution in [0.4, 0.5) is 0 Å². The zero-order chi connectivity index (χ0) is 12.8. The molecule has 1 aromatic heterocycles. The second kappa shape index (κ2) is 6.85. The first-order valence-electron chi connectivity index (χ1n) is 7.08. The maximum absolute atomic E-state index is 4.19. The number of unbranched alkanes of at least 4 members (excludes halogenated alkanes) is 1. The molecule has 1 aliphatic rings. The fourth-order valence-corrected chi connectivity index (χ4v) is 2.49. The normalized spacial score (nSPS) is 19.8. The highest BCUT2D eigenvalue weighted by Gasteiger charge is 2.18. The van der Waals surface area contributed by atoms with Crippen LogP contribution in [-0.2, 0) is 13.6 Å². The molecule has 0 bridgehead atoms. The lowest BCUT2D eigenvalue weighted by atomic mass is 10.2. The molecule has 2 heterocycles. The predicted molar refractivity (Wildman–Crippen MR) is 72.2 cm³/mol. The van der Waals surface area contributed by atoms with Gasteiger partial charge in [-0.05, 0) is 32.4 Å².